The molecule has 0 unspecified atom stereocenters. The lowest BCUT2D eigenvalue weighted by molar-refractivity contribution is 0.0618. The summed E-state index contributed by atoms with van der Waals surface area (Å²) < 4.78 is 14.0. The summed E-state index contributed by atoms with van der Waals surface area (Å²) >= 11 is 0. The molecule has 0 heterocycles. The SMILES string of the molecule is CCCCCCCCCCCCCOCC[O].O=P(O)(O)O. The van der Waals surface area contributed by atoms with E-state index < -0.39 is 7.82 Å². The molecule has 6 nitrogen and oxygen atoms in total. The van der Waals surface area contributed by atoms with E-state index in [1.165, 1.54) is 64.2 Å². The first kappa shape index (κ1) is 24.3. The molecule has 0 fully saturated rings. The van der Waals surface area contributed by atoms with Crippen LogP contribution in [0.4, 0.5) is 0 Å². The highest BCUT2D eigenvalue weighted by Gasteiger charge is 2.00. The molecule has 0 amide bonds. The Balaban J connectivity index is 0. The standard InChI is InChI=1S/C15H31O2.H3O4P/c1-2-3-4-5-6-7-8-9-10-11-12-14-17-15-13-16;1-5(2,3)4/h2-15H2,1H3;(H3,1,2,3,4). The van der Waals surface area contributed by atoms with E-state index in [1.54, 1.807) is 0 Å². The summed E-state index contributed by atoms with van der Waals surface area (Å²) in [7, 11) is -4.64. The minimum atomic E-state index is -4.64. The van der Waals surface area contributed by atoms with E-state index in [0.717, 1.165) is 13.0 Å². The fourth-order valence-corrected chi connectivity index (χ4v) is 2.03. The van der Waals surface area contributed by atoms with Crippen molar-refractivity contribution in [2.24, 2.45) is 0 Å². The smallest absolute Gasteiger partial charge is 0.379 e. The molecule has 0 aliphatic heterocycles. The molecule has 0 rings (SSSR count). The van der Waals surface area contributed by atoms with Crippen LogP contribution in [0.2, 0.25) is 0 Å². The number of hydrogen-bond acceptors (Lipinski definition) is 2. The summed E-state index contributed by atoms with van der Waals surface area (Å²) in [6.45, 7) is 3.33. The second kappa shape index (κ2) is 19.1. The predicted molar refractivity (Wildman–Crippen MR) is 87.1 cm³/mol. The van der Waals surface area contributed by atoms with Gasteiger partial charge in [0.15, 0.2) is 0 Å². The minimum absolute atomic E-state index is 0.0992. The van der Waals surface area contributed by atoms with Crippen LogP contribution in [0.15, 0.2) is 0 Å². The lowest BCUT2D eigenvalue weighted by atomic mass is 10.1. The van der Waals surface area contributed by atoms with Crippen LogP contribution in [-0.2, 0) is 14.4 Å². The Morgan fingerprint density at radius 1 is 0.727 bits per heavy atom. The van der Waals surface area contributed by atoms with Gasteiger partial charge in [0, 0.05) is 6.61 Å². The van der Waals surface area contributed by atoms with Crippen molar-refractivity contribution in [3.05, 3.63) is 0 Å². The first-order chi connectivity index (χ1) is 10.4. The van der Waals surface area contributed by atoms with Gasteiger partial charge >= 0.3 is 7.82 Å². The summed E-state index contributed by atoms with van der Waals surface area (Å²) in [6, 6.07) is 0. The summed E-state index contributed by atoms with van der Waals surface area (Å²) in [5.41, 5.74) is 0. The number of ether oxygens (including phenoxy) is 1. The zero-order valence-electron chi connectivity index (χ0n) is 13.9. The molecule has 0 aliphatic carbocycles. The lowest BCUT2D eigenvalue weighted by Crippen LogP contribution is -1.99. The maximum Gasteiger partial charge on any atom is 0.466 e. The molecule has 135 valence electrons. The molecule has 0 saturated carbocycles. The molecule has 3 N–H and O–H groups in total. The highest BCUT2D eigenvalue weighted by Crippen LogP contribution is 2.25. The fourth-order valence-electron chi connectivity index (χ4n) is 2.03. The third-order valence-electron chi connectivity index (χ3n) is 3.12. The van der Waals surface area contributed by atoms with E-state index >= 15 is 0 Å². The largest absolute Gasteiger partial charge is 0.466 e. The topological polar surface area (TPSA) is 107 Å². The lowest BCUT2D eigenvalue weighted by Gasteiger charge is -2.03. The van der Waals surface area contributed by atoms with Gasteiger partial charge in [-0.2, -0.15) is 0 Å². The van der Waals surface area contributed by atoms with Crippen LogP contribution >= 0.6 is 7.82 Å². The molecule has 0 aromatic heterocycles. The Kier molecular flexibility index (Phi) is 21.1. The molecule has 0 bridgehead atoms. The van der Waals surface area contributed by atoms with Gasteiger partial charge in [0.1, 0.15) is 6.61 Å². The van der Waals surface area contributed by atoms with Gasteiger partial charge in [-0.05, 0) is 6.42 Å². The highest BCUT2D eigenvalue weighted by molar-refractivity contribution is 7.45. The summed E-state index contributed by atoms with van der Waals surface area (Å²) in [5, 5.41) is 10.1. The van der Waals surface area contributed by atoms with Crippen LogP contribution in [0, 0.1) is 0 Å². The Hall–Kier alpha value is 0.0300. The minimum Gasteiger partial charge on any atom is -0.379 e. The average molecular weight is 341 g/mol. The Bertz CT molecular complexity index is 222. The van der Waals surface area contributed by atoms with Gasteiger partial charge in [0.25, 0.3) is 0 Å². The highest BCUT2D eigenvalue weighted by atomic mass is 31.2. The number of hydrogen-bond donors (Lipinski definition) is 3. The summed E-state index contributed by atoms with van der Waals surface area (Å²) in [6.07, 6.45) is 14.9. The Labute approximate surface area is 135 Å². The molecule has 0 aromatic rings. The molecule has 7 heteroatoms. The fraction of sp³-hybridized carbons (Fsp3) is 1.00. The van der Waals surface area contributed by atoms with Gasteiger partial charge in [-0.15, -0.1) is 0 Å². The second-order valence-corrected chi connectivity index (χ2v) is 6.39. The van der Waals surface area contributed by atoms with Crippen molar-refractivity contribution in [2.45, 2.75) is 77.6 Å². The van der Waals surface area contributed by atoms with Crippen molar-refractivity contribution in [3.8, 4) is 0 Å². The number of rotatable bonds is 14. The van der Waals surface area contributed by atoms with Crippen LogP contribution in [-0.4, -0.2) is 34.5 Å². The normalized spacial score (nSPS) is 11.1. The van der Waals surface area contributed by atoms with Gasteiger partial charge in [-0.25, -0.2) is 9.67 Å². The van der Waals surface area contributed by atoms with Gasteiger partial charge in [-0.3, -0.25) is 0 Å². The van der Waals surface area contributed by atoms with Gasteiger partial charge in [-0.1, -0.05) is 71.1 Å². The first-order valence-electron chi connectivity index (χ1n) is 8.36. The maximum atomic E-state index is 10.1. The second-order valence-electron chi connectivity index (χ2n) is 5.37. The van der Waals surface area contributed by atoms with Crippen molar-refractivity contribution < 1.29 is 29.1 Å². The van der Waals surface area contributed by atoms with Gasteiger partial charge < -0.3 is 19.4 Å². The van der Waals surface area contributed by atoms with Crippen molar-refractivity contribution >= 4 is 7.82 Å². The van der Waals surface area contributed by atoms with Crippen molar-refractivity contribution in [2.75, 3.05) is 19.8 Å². The Morgan fingerprint density at radius 2 is 1.09 bits per heavy atom. The van der Waals surface area contributed by atoms with E-state index in [4.69, 9.17) is 24.0 Å². The van der Waals surface area contributed by atoms with E-state index in [9.17, 15) is 5.11 Å². The van der Waals surface area contributed by atoms with Crippen LogP contribution in [0.3, 0.4) is 0 Å². The monoisotopic (exact) mass is 341 g/mol. The van der Waals surface area contributed by atoms with Gasteiger partial charge in [0.2, 0.25) is 0 Å². The van der Waals surface area contributed by atoms with Crippen molar-refractivity contribution in [1.82, 2.24) is 0 Å². The quantitative estimate of drug-likeness (QED) is 0.329. The number of unbranched alkanes of at least 4 members (excludes halogenated alkanes) is 10. The van der Waals surface area contributed by atoms with Crippen molar-refractivity contribution in [1.29, 1.82) is 0 Å². The predicted octanol–water partition coefficient (Wildman–Crippen LogP) is 3.82. The zero-order chi connectivity index (χ0) is 17.1. The average Bonchev–Trinajstić information content (AvgIpc) is 2.42. The van der Waals surface area contributed by atoms with Crippen LogP contribution < -0.4 is 0 Å². The van der Waals surface area contributed by atoms with E-state index in [2.05, 4.69) is 6.92 Å². The van der Waals surface area contributed by atoms with E-state index in [0.29, 0.717) is 6.61 Å². The van der Waals surface area contributed by atoms with E-state index in [1.807, 2.05) is 0 Å². The molecule has 1 radical (unpaired) electrons. The third kappa shape index (κ3) is 36.9. The Morgan fingerprint density at radius 3 is 1.45 bits per heavy atom. The van der Waals surface area contributed by atoms with Crippen LogP contribution in [0.1, 0.15) is 77.6 Å². The molecule has 22 heavy (non-hydrogen) atoms. The van der Waals surface area contributed by atoms with E-state index in [-0.39, 0.29) is 6.61 Å². The third-order valence-corrected chi connectivity index (χ3v) is 3.12. The zero-order valence-corrected chi connectivity index (χ0v) is 14.8. The van der Waals surface area contributed by atoms with Crippen LogP contribution in [0.25, 0.3) is 0 Å². The van der Waals surface area contributed by atoms with Crippen molar-refractivity contribution in [3.63, 3.8) is 0 Å². The summed E-state index contributed by atoms with van der Waals surface area (Å²) in [4.78, 5) is 21.6. The molecule has 0 saturated heterocycles. The molecule has 0 atom stereocenters. The van der Waals surface area contributed by atoms with Gasteiger partial charge in [0.05, 0.1) is 6.61 Å². The first-order valence-corrected chi connectivity index (χ1v) is 9.92. The molecule has 0 spiro atoms. The molecule has 0 aromatic carbocycles. The van der Waals surface area contributed by atoms with Crippen LogP contribution in [0.5, 0.6) is 0 Å². The number of phosphoric acid groups is 1. The molecular weight excluding hydrogens is 307 g/mol. The molecule has 0 aliphatic rings. The molecular formula is C15H34O6P. The maximum absolute atomic E-state index is 10.1. The summed E-state index contributed by atoms with van der Waals surface area (Å²) in [5.74, 6) is 0.